The van der Waals surface area contributed by atoms with Gasteiger partial charge in [0.05, 0.1) is 5.69 Å². The van der Waals surface area contributed by atoms with Crippen molar-refractivity contribution in [2.75, 3.05) is 4.90 Å². The molecule has 5 rings (SSSR count). The van der Waals surface area contributed by atoms with Crippen molar-refractivity contribution in [3.05, 3.63) is 66.3 Å². The van der Waals surface area contributed by atoms with Crippen LogP contribution in [0.1, 0.15) is 5.89 Å². The fourth-order valence-electron chi connectivity index (χ4n) is 3.36. The SMILES string of the molecule is O=C1[C@H]2N=NN(Cc3nc(-c4ccc(F)cc4)no3)[C@H]2C(=O)N1c1ccccc1. The first kappa shape index (κ1) is 17.2. The van der Waals surface area contributed by atoms with Crippen molar-refractivity contribution in [1.82, 2.24) is 15.1 Å². The molecule has 2 aliphatic heterocycles. The van der Waals surface area contributed by atoms with E-state index in [4.69, 9.17) is 4.52 Å². The second kappa shape index (κ2) is 6.59. The van der Waals surface area contributed by atoms with Gasteiger partial charge in [-0.15, -0.1) is 0 Å². The number of para-hydroxylation sites is 1. The lowest BCUT2D eigenvalue weighted by Gasteiger charge is -2.19. The first-order chi connectivity index (χ1) is 14.1. The molecule has 0 spiro atoms. The quantitative estimate of drug-likeness (QED) is 0.632. The van der Waals surface area contributed by atoms with Crippen molar-refractivity contribution < 1.29 is 18.5 Å². The van der Waals surface area contributed by atoms with Gasteiger partial charge in [0.2, 0.25) is 11.7 Å². The van der Waals surface area contributed by atoms with Crippen LogP contribution in [0.4, 0.5) is 10.1 Å². The zero-order valence-corrected chi connectivity index (χ0v) is 14.8. The molecule has 2 amide bonds. The smallest absolute Gasteiger partial charge is 0.263 e. The number of aromatic nitrogens is 2. The van der Waals surface area contributed by atoms with Gasteiger partial charge in [0, 0.05) is 5.56 Å². The number of carbonyl (C=O) groups is 2. The average Bonchev–Trinajstić information content (AvgIpc) is 3.42. The second-order valence-corrected chi connectivity index (χ2v) is 6.56. The molecule has 3 aromatic rings. The Balaban J connectivity index is 1.36. The normalized spacial score (nSPS) is 20.6. The van der Waals surface area contributed by atoms with E-state index in [1.54, 1.807) is 30.3 Å². The highest BCUT2D eigenvalue weighted by Gasteiger charge is 2.55. The Morgan fingerprint density at radius 2 is 1.76 bits per heavy atom. The molecular formula is C19H13FN6O3. The fraction of sp³-hybridized carbons (Fsp3) is 0.158. The number of nitrogens with zero attached hydrogens (tertiary/aromatic N) is 6. The summed E-state index contributed by atoms with van der Waals surface area (Å²) in [5, 5.41) is 13.2. The maximum absolute atomic E-state index is 13.1. The van der Waals surface area contributed by atoms with Crippen molar-refractivity contribution in [2.24, 2.45) is 10.3 Å². The van der Waals surface area contributed by atoms with Crippen LogP contribution in [0, 0.1) is 5.82 Å². The number of benzene rings is 2. The summed E-state index contributed by atoms with van der Waals surface area (Å²) >= 11 is 0. The molecule has 1 saturated heterocycles. The molecule has 2 aromatic carbocycles. The summed E-state index contributed by atoms with van der Waals surface area (Å²) in [6.45, 7) is 0.0144. The first-order valence-electron chi connectivity index (χ1n) is 8.80. The van der Waals surface area contributed by atoms with E-state index in [1.165, 1.54) is 29.3 Å². The van der Waals surface area contributed by atoms with Crippen LogP contribution < -0.4 is 4.90 Å². The Morgan fingerprint density at radius 1 is 1.00 bits per heavy atom. The van der Waals surface area contributed by atoms with Gasteiger partial charge in [0.1, 0.15) is 12.4 Å². The summed E-state index contributed by atoms with van der Waals surface area (Å²) in [5.41, 5.74) is 1.08. The maximum Gasteiger partial charge on any atom is 0.263 e. The summed E-state index contributed by atoms with van der Waals surface area (Å²) in [7, 11) is 0. The van der Waals surface area contributed by atoms with E-state index >= 15 is 0 Å². The minimum absolute atomic E-state index is 0.0144. The molecule has 0 bridgehead atoms. The zero-order valence-electron chi connectivity index (χ0n) is 14.8. The molecule has 0 saturated carbocycles. The van der Waals surface area contributed by atoms with Gasteiger partial charge in [-0.2, -0.15) is 10.1 Å². The highest BCUT2D eigenvalue weighted by atomic mass is 19.1. The summed E-state index contributed by atoms with van der Waals surface area (Å²) < 4.78 is 18.3. The van der Waals surface area contributed by atoms with Crippen LogP contribution in [0.3, 0.4) is 0 Å². The molecule has 2 aliphatic rings. The van der Waals surface area contributed by atoms with E-state index in [1.807, 2.05) is 0 Å². The van der Waals surface area contributed by atoms with E-state index in [-0.39, 0.29) is 24.1 Å². The molecule has 29 heavy (non-hydrogen) atoms. The predicted octanol–water partition coefficient (Wildman–Crippen LogP) is 2.37. The van der Waals surface area contributed by atoms with Crippen LogP contribution in [0.2, 0.25) is 0 Å². The molecule has 0 N–H and O–H groups in total. The van der Waals surface area contributed by atoms with Crippen LogP contribution in [-0.4, -0.2) is 39.0 Å². The molecule has 1 aromatic heterocycles. The Kier molecular flexibility index (Phi) is 3.90. The number of hydrogen-bond acceptors (Lipinski definition) is 8. The topological polar surface area (TPSA) is 104 Å². The lowest BCUT2D eigenvalue weighted by atomic mass is 10.1. The summed E-state index contributed by atoms with van der Waals surface area (Å²) in [4.78, 5) is 30.9. The van der Waals surface area contributed by atoms with E-state index in [0.29, 0.717) is 11.3 Å². The number of hydrogen-bond donors (Lipinski definition) is 0. The van der Waals surface area contributed by atoms with Crippen LogP contribution >= 0.6 is 0 Å². The lowest BCUT2D eigenvalue weighted by Crippen LogP contribution is -2.39. The maximum atomic E-state index is 13.1. The van der Waals surface area contributed by atoms with E-state index in [9.17, 15) is 14.0 Å². The van der Waals surface area contributed by atoms with Crippen LogP contribution in [-0.2, 0) is 16.1 Å². The lowest BCUT2D eigenvalue weighted by molar-refractivity contribution is -0.123. The predicted molar refractivity (Wildman–Crippen MR) is 96.6 cm³/mol. The third-order valence-corrected chi connectivity index (χ3v) is 4.74. The Hall–Kier alpha value is -3.95. The van der Waals surface area contributed by atoms with Crippen molar-refractivity contribution >= 4 is 17.5 Å². The Morgan fingerprint density at radius 3 is 2.52 bits per heavy atom. The number of halogens is 1. The van der Waals surface area contributed by atoms with E-state index in [0.717, 1.165) is 4.90 Å². The van der Waals surface area contributed by atoms with E-state index < -0.39 is 23.9 Å². The zero-order chi connectivity index (χ0) is 20.0. The van der Waals surface area contributed by atoms with E-state index in [2.05, 4.69) is 20.5 Å². The molecule has 9 nitrogen and oxygen atoms in total. The van der Waals surface area contributed by atoms with Gasteiger partial charge in [-0.1, -0.05) is 28.6 Å². The van der Waals surface area contributed by atoms with Crippen LogP contribution in [0.15, 0.2) is 69.5 Å². The van der Waals surface area contributed by atoms with Gasteiger partial charge in [-0.05, 0) is 36.4 Å². The highest BCUT2D eigenvalue weighted by Crippen LogP contribution is 2.32. The van der Waals surface area contributed by atoms with Crippen molar-refractivity contribution in [3.63, 3.8) is 0 Å². The molecule has 0 radical (unpaired) electrons. The van der Waals surface area contributed by atoms with Crippen molar-refractivity contribution in [2.45, 2.75) is 18.6 Å². The van der Waals surface area contributed by atoms with Gasteiger partial charge in [-0.25, -0.2) is 9.29 Å². The first-order valence-corrected chi connectivity index (χ1v) is 8.80. The Bertz CT molecular complexity index is 1110. The largest absolute Gasteiger partial charge is 0.337 e. The van der Waals surface area contributed by atoms with Gasteiger partial charge >= 0.3 is 0 Å². The number of fused-ring (bicyclic) bond motifs is 1. The second-order valence-electron chi connectivity index (χ2n) is 6.56. The number of imide groups is 1. The standard InChI is InChI=1S/C19H13FN6O3/c20-12-8-6-11(7-9-12)17-21-14(29-23-17)10-25-16-15(22-24-25)18(27)26(19(16)28)13-4-2-1-3-5-13/h1-9,15-16H,10H2/t15-,16+/m0/s1. The van der Waals surface area contributed by atoms with Crippen molar-refractivity contribution in [3.8, 4) is 11.4 Å². The van der Waals surface area contributed by atoms with Crippen LogP contribution in [0.5, 0.6) is 0 Å². The molecule has 10 heteroatoms. The van der Waals surface area contributed by atoms with Crippen LogP contribution in [0.25, 0.3) is 11.4 Å². The molecule has 144 valence electrons. The highest BCUT2D eigenvalue weighted by molar-refractivity contribution is 6.25. The number of amides is 2. The Labute approximate surface area is 163 Å². The summed E-state index contributed by atoms with van der Waals surface area (Å²) in [5.74, 6) is -0.715. The van der Waals surface area contributed by atoms with Crippen molar-refractivity contribution in [1.29, 1.82) is 0 Å². The third kappa shape index (κ3) is 2.85. The van der Waals surface area contributed by atoms with Gasteiger partial charge < -0.3 is 4.52 Å². The number of carbonyl (C=O) groups excluding carboxylic acids is 2. The molecule has 2 atom stereocenters. The molecule has 1 fully saturated rings. The number of rotatable bonds is 4. The minimum atomic E-state index is -0.901. The minimum Gasteiger partial charge on any atom is -0.337 e. The summed E-state index contributed by atoms with van der Waals surface area (Å²) in [6, 6.07) is 12.6. The molecule has 0 aliphatic carbocycles. The molecule has 3 heterocycles. The van der Waals surface area contributed by atoms with Gasteiger partial charge in [0.25, 0.3) is 11.8 Å². The van der Waals surface area contributed by atoms with Gasteiger partial charge in [0.15, 0.2) is 12.1 Å². The fourth-order valence-corrected chi connectivity index (χ4v) is 3.36. The monoisotopic (exact) mass is 392 g/mol. The summed E-state index contributed by atoms with van der Waals surface area (Å²) in [6.07, 6.45) is 0. The van der Waals surface area contributed by atoms with Gasteiger partial charge in [-0.3, -0.25) is 14.6 Å². The number of anilines is 1. The third-order valence-electron chi connectivity index (χ3n) is 4.74. The molecule has 0 unspecified atom stereocenters. The average molecular weight is 392 g/mol. The molecular weight excluding hydrogens is 379 g/mol.